The van der Waals surface area contributed by atoms with Crippen molar-refractivity contribution in [2.24, 2.45) is 0 Å². The van der Waals surface area contributed by atoms with Crippen LogP contribution in [0.2, 0.25) is 0 Å². The molecule has 0 aromatic heterocycles. The molecule has 0 N–H and O–H groups in total. The van der Waals surface area contributed by atoms with Crippen LogP contribution in [0.15, 0.2) is 200 Å². The highest BCUT2D eigenvalue weighted by molar-refractivity contribution is 5.99. The third-order valence-corrected chi connectivity index (χ3v) is 15.4. The zero-order chi connectivity index (χ0) is 48.0. The van der Waals surface area contributed by atoms with E-state index in [-0.39, 0.29) is 21.7 Å². The first kappa shape index (κ1) is 44.3. The second-order valence-corrected chi connectivity index (χ2v) is 22.7. The average molecular weight is 894 g/mol. The number of hydrogen-bond donors (Lipinski definition) is 0. The Morgan fingerprint density at radius 1 is 0.304 bits per heavy atom. The molecule has 0 fully saturated rings. The van der Waals surface area contributed by atoms with Crippen molar-refractivity contribution in [3.05, 3.63) is 234 Å². The van der Waals surface area contributed by atoms with E-state index >= 15 is 0 Å². The van der Waals surface area contributed by atoms with Crippen molar-refractivity contribution in [1.29, 1.82) is 0 Å². The minimum atomic E-state index is -0.306. The van der Waals surface area contributed by atoms with E-state index in [1.165, 1.54) is 100 Å². The zero-order valence-corrected chi connectivity index (χ0v) is 42.0. The van der Waals surface area contributed by atoms with Gasteiger partial charge in [-0.2, -0.15) is 0 Å². The lowest BCUT2D eigenvalue weighted by Crippen LogP contribution is -2.18. The molecule has 9 aromatic rings. The molecule has 0 atom stereocenters. The Bertz CT molecular complexity index is 3380. The van der Waals surface area contributed by atoms with Crippen LogP contribution in [-0.2, 0) is 21.7 Å². The van der Waals surface area contributed by atoms with Crippen LogP contribution in [0.4, 0.5) is 17.1 Å². The first-order valence-electron chi connectivity index (χ1n) is 24.8. The smallest absolute Gasteiger partial charge is 0.0465 e. The molecule has 0 radical (unpaired) electrons. The van der Waals surface area contributed by atoms with E-state index in [1.54, 1.807) is 0 Å². The van der Waals surface area contributed by atoms with Crippen LogP contribution < -0.4 is 4.90 Å². The van der Waals surface area contributed by atoms with Crippen LogP contribution in [0.1, 0.15) is 103 Å². The molecule has 0 heterocycles. The molecule has 0 amide bonds. The van der Waals surface area contributed by atoms with Crippen molar-refractivity contribution in [1.82, 2.24) is 0 Å². The van der Waals surface area contributed by atoms with Gasteiger partial charge in [0.1, 0.15) is 0 Å². The highest BCUT2D eigenvalue weighted by atomic mass is 15.1. The van der Waals surface area contributed by atoms with Crippen LogP contribution in [0, 0.1) is 0 Å². The number of hydrogen-bond acceptors (Lipinski definition) is 1. The summed E-state index contributed by atoms with van der Waals surface area (Å²) in [6.45, 7) is 23.7. The summed E-state index contributed by atoms with van der Waals surface area (Å²) in [7, 11) is 0. The minimum absolute atomic E-state index is 0.000538. The highest BCUT2D eigenvalue weighted by Crippen LogP contribution is 2.57. The lowest BCUT2D eigenvalue weighted by atomic mass is 9.76. The topological polar surface area (TPSA) is 3.24 Å². The number of anilines is 3. The molecule has 1 heteroatoms. The zero-order valence-electron chi connectivity index (χ0n) is 42.0. The van der Waals surface area contributed by atoms with Crippen LogP contribution >= 0.6 is 0 Å². The summed E-state index contributed by atoms with van der Waals surface area (Å²) in [5.41, 5.74) is 26.5. The summed E-state index contributed by atoms with van der Waals surface area (Å²) >= 11 is 0. The van der Waals surface area contributed by atoms with Gasteiger partial charge >= 0.3 is 0 Å². The maximum Gasteiger partial charge on any atom is 0.0465 e. The molecule has 2 aliphatic carbocycles. The van der Waals surface area contributed by atoms with Crippen molar-refractivity contribution in [2.45, 2.75) is 90.9 Å². The SMILES string of the molecule is CC(C)(C)c1cc(-c2ccc(-c3ccccc3)c3c2-c2ccc(N(c4ccc(-c5ccc(-c6ccccc6)cc5)cc4)c4ccc5c(c4)C(C)(C)c4ccccc4-5)cc2C3(C)C)cc(C(C)(C)C)c1. The lowest BCUT2D eigenvalue weighted by Gasteiger charge is -2.30. The van der Waals surface area contributed by atoms with Crippen LogP contribution in [0.25, 0.3) is 66.8 Å². The molecule has 2 aliphatic rings. The molecule has 0 spiro atoms. The van der Waals surface area contributed by atoms with Gasteiger partial charge in [0.25, 0.3) is 0 Å². The average Bonchev–Trinajstić information content (AvgIpc) is 3.73. The van der Waals surface area contributed by atoms with Gasteiger partial charge in [-0.15, -0.1) is 0 Å². The van der Waals surface area contributed by atoms with Crippen molar-refractivity contribution >= 4 is 17.1 Å². The molecule has 0 saturated heterocycles. The molecule has 0 bridgehead atoms. The molecule has 0 unspecified atom stereocenters. The molecule has 9 aromatic carbocycles. The lowest BCUT2D eigenvalue weighted by molar-refractivity contribution is 0.569. The maximum atomic E-state index is 2.50. The fourth-order valence-electron chi connectivity index (χ4n) is 11.4. The van der Waals surface area contributed by atoms with Crippen molar-refractivity contribution in [3.63, 3.8) is 0 Å². The third-order valence-electron chi connectivity index (χ3n) is 15.4. The van der Waals surface area contributed by atoms with Crippen molar-refractivity contribution < 1.29 is 0 Å². The van der Waals surface area contributed by atoms with Gasteiger partial charge < -0.3 is 4.90 Å². The van der Waals surface area contributed by atoms with Gasteiger partial charge in [-0.3, -0.25) is 0 Å². The van der Waals surface area contributed by atoms with Gasteiger partial charge in [0.15, 0.2) is 0 Å². The predicted molar refractivity (Wildman–Crippen MR) is 295 cm³/mol. The van der Waals surface area contributed by atoms with E-state index in [0.717, 1.165) is 17.1 Å². The first-order valence-corrected chi connectivity index (χ1v) is 24.8. The molecule has 69 heavy (non-hydrogen) atoms. The molecule has 1 nitrogen and oxygen atoms in total. The number of benzene rings is 9. The van der Waals surface area contributed by atoms with Gasteiger partial charge in [-0.1, -0.05) is 233 Å². The quantitative estimate of drug-likeness (QED) is 0.154. The van der Waals surface area contributed by atoms with Gasteiger partial charge in [0, 0.05) is 27.9 Å². The van der Waals surface area contributed by atoms with Gasteiger partial charge in [0.05, 0.1) is 0 Å². The van der Waals surface area contributed by atoms with Crippen LogP contribution in [0.5, 0.6) is 0 Å². The summed E-state index contributed by atoms with van der Waals surface area (Å²) < 4.78 is 0. The number of nitrogens with zero attached hydrogens (tertiary/aromatic N) is 1. The van der Waals surface area contributed by atoms with Gasteiger partial charge in [-0.05, 0) is 147 Å². The fourth-order valence-corrected chi connectivity index (χ4v) is 11.4. The Balaban J connectivity index is 1.09. The number of fused-ring (bicyclic) bond motifs is 6. The van der Waals surface area contributed by atoms with E-state index in [0.29, 0.717) is 0 Å². The summed E-state index contributed by atoms with van der Waals surface area (Å²) in [5.74, 6) is 0. The van der Waals surface area contributed by atoms with Gasteiger partial charge in [0.2, 0.25) is 0 Å². The normalized spacial score (nSPS) is 14.2. The molecule has 0 saturated carbocycles. The fraction of sp³-hybridized carbons (Fsp3) is 0.206. The molecule has 340 valence electrons. The Kier molecular flexibility index (Phi) is 10.4. The second kappa shape index (κ2) is 16.2. The Morgan fingerprint density at radius 3 is 1.29 bits per heavy atom. The van der Waals surface area contributed by atoms with E-state index < -0.39 is 0 Å². The molecule has 0 aliphatic heterocycles. The Hall–Kier alpha value is -7.22. The maximum absolute atomic E-state index is 2.50. The largest absolute Gasteiger partial charge is 0.310 e. The summed E-state index contributed by atoms with van der Waals surface area (Å²) in [6.07, 6.45) is 0. The van der Waals surface area contributed by atoms with E-state index in [9.17, 15) is 0 Å². The molecule has 11 rings (SSSR count). The standard InChI is InChI=1S/C68H63N/c1-65(2,3)50-39-49(40-51(41-50)66(4,5)6)55-37-38-56(48-21-15-12-16-22-48)64-63(55)59-36-34-54(43-62(59)68(64,9)10)69(53-33-35-58-57-23-17-18-24-60(57)67(7,8)61(58)42-53)52-31-29-47(30-32-52)46-27-25-45(26-28-46)44-19-13-11-14-20-44/h11-43H,1-10H3. The van der Waals surface area contributed by atoms with Gasteiger partial charge in [-0.25, -0.2) is 0 Å². The minimum Gasteiger partial charge on any atom is -0.310 e. The van der Waals surface area contributed by atoms with E-state index in [2.05, 4.69) is 274 Å². The van der Waals surface area contributed by atoms with Crippen molar-refractivity contribution in [3.8, 4) is 66.8 Å². The first-order chi connectivity index (χ1) is 33.0. The Morgan fingerprint density at radius 2 is 0.725 bits per heavy atom. The second-order valence-electron chi connectivity index (χ2n) is 22.7. The van der Waals surface area contributed by atoms with E-state index in [1.807, 2.05) is 0 Å². The summed E-state index contributed by atoms with van der Waals surface area (Å²) in [4.78, 5) is 2.49. The highest BCUT2D eigenvalue weighted by Gasteiger charge is 2.41. The summed E-state index contributed by atoms with van der Waals surface area (Å²) in [6, 6.07) is 75.3. The number of rotatable bonds is 7. The Labute approximate surface area is 411 Å². The molecular formula is C68H63N. The molecular weight excluding hydrogens is 831 g/mol. The van der Waals surface area contributed by atoms with Crippen LogP contribution in [0.3, 0.4) is 0 Å². The van der Waals surface area contributed by atoms with E-state index in [4.69, 9.17) is 0 Å². The van der Waals surface area contributed by atoms with Crippen LogP contribution in [-0.4, -0.2) is 0 Å². The third kappa shape index (κ3) is 7.55. The predicted octanol–water partition coefficient (Wildman–Crippen LogP) is 19.0. The van der Waals surface area contributed by atoms with Crippen molar-refractivity contribution in [2.75, 3.05) is 4.90 Å². The summed E-state index contributed by atoms with van der Waals surface area (Å²) in [5, 5.41) is 0. The monoisotopic (exact) mass is 893 g/mol.